The fourth-order valence-corrected chi connectivity index (χ4v) is 4.01. The molecule has 0 aliphatic carbocycles. The highest BCUT2D eigenvalue weighted by atomic mass is 16.5. The van der Waals surface area contributed by atoms with E-state index in [1.54, 1.807) is 13.4 Å². The van der Waals surface area contributed by atoms with Gasteiger partial charge in [-0.2, -0.15) is 5.10 Å². The summed E-state index contributed by atoms with van der Waals surface area (Å²) in [5.41, 5.74) is 2.54. The van der Waals surface area contributed by atoms with Gasteiger partial charge in [-0.3, -0.25) is 9.58 Å². The van der Waals surface area contributed by atoms with E-state index in [0.29, 0.717) is 18.4 Å². The van der Waals surface area contributed by atoms with E-state index in [1.165, 1.54) is 11.3 Å². The van der Waals surface area contributed by atoms with Gasteiger partial charge in [-0.15, -0.1) is 0 Å². The zero-order valence-corrected chi connectivity index (χ0v) is 14.9. The minimum Gasteiger partial charge on any atom is -0.468 e. The normalized spacial score (nSPS) is 22.2. The molecule has 0 aromatic carbocycles. The third kappa shape index (κ3) is 3.97. The van der Waals surface area contributed by atoms with Crippen LogP contribution in [0.2, 0.25) is 0 Å². The van der Waals surface area contributed by atoms with Crippen LogP contribution in [0, 0.1) is 5.92 Å². The Hall–Kier alpha value is -1.63. The molecule has 4 heterocycles. The van der Waals surface area contributed by atoms with E-state index in [2.05, 4.69) is 15.8 Å². The quantitative estimate of drug-likeness (QED) is 0.806. The average Bonchev–Trinajstić information content (AvgIpc) is 3.26. The lowest BCUT2D eigenvalue weighted by atomic mass is 9.97. The number of fused-ring (bicyclic) bond motifs is 1. The Balaban J connectivity index is 1.48. The highest BCUT2D eigenvalue weighted by molar-refractivity contribution is 5.25. The van der Waals surface area contributed by atoms with Crippen molar-refractivity contribution in [1.82, 2.24) is 14.7 Å². The highest BCUT2D eigenvalue weighted by Gasteiger charge is 2.29. The lowest BCUT2D eigenvalue weighted by molar-refractivity contribution is 0.0601. The fourth-order valence-electron chi connectivity index (χ4n) is 4.01. The highest BCUT2D eigenvalue weighted by Crippen LogP contribution is 2.29. The van der Waals surface area contributed by atoms with Gasteiger partial charge < -0.3 is 13.9 Å². The van der Waals surface area contributed by atoms with Crippen LogP contribution in [-0.4, -0.2) is 48.2 Å². The number of hydrogen-bond donors (Lipinski definition) is 0. The molecule has 1 fully saturated rings. The minimum absolute atomic E-state index is 0.319. The van der Waals surface area contributed by atoms with Crippen LogP contribution in [0.1, 0.15) is 35.8 Å². The van der Waals surface area contributed by atoms with Gasteiger partial charge in [0.15, 0.2) is 0 Å². The van der Waals surface area contributed by atoms with Crippen LogP contribution in [0.3, 0.4) is 0 Å². The molecule has 2 aliphatic heterocycles. The number of nitrogens with zero attached hydrogens (tertiary/aromatic N) is 3. The summed E-state index contributed by atoms with van der Waals surface area (Å²) in [5, 5.41) is 4.92. The van der Waals surface area contributed by atoms with Crippen LogP contribution in [0.25, 0.3) is 0 Å². The Kier molecular flexibility index (Phi) is 5.20. The maximum atomic E-state index is 5.52. The zero-order valence-electron chi connectivity index (χ0n) is 14.9. The van der Waals surface area contributed by atoms with Gasteiger partial charge in [-0.1, -0.05) is 0 Å². The molecule has 136 valence electrons. The number of aromatic nitrogens is 2. The van der Waals surface area contributed by atoms with Crippen molar-refractivity contribution < 1.29 is 13.9 Å². The van der Waals surface area contributed by atoms with Gasteiger partial charge in [0.1, 0.15) is 5.76 Å². The Labute approximate surface area is 148 Å². The predicted molar refractivity (Wildman–Crippen MR) is 93.2 cm³/mol. The molecule has 2 aromatic heterocycles. The van der Waals surface area contributed by atoms with Crippen molar-refractivity contribution in [3.63, 3.8) is 0 Å². The summed E-state index contributed by atoms with van der Waals surface area (Å²) in [4.78, 5) is 2.42. The van der Waals surface area contributed by atoms with Gasteiger partial charge in [0.2, 0.25) is 0 Å². The van der Waals surface area contributed by atoms with Gasteiger partial charge in [0, 0.05) is 57.6 Å². The van der Waals surface area contributed by atoms with Crippen LogP contribution >= 0.6 is 0 Å². The SMILES string of the molecule is COC[C@@H]1CN(Cc2ccco2)Cc2cn(CC3CCOCC3)nc21. The molecular weight excluding hydrogens is 318 g/mol. The Morgan fingerprint density at radius 1 is 1.32 bits per heavy atom. The lowest BCUT2D eigenvalue weighted by Gasteiger charge is -2.30. The summed E-state index contributed by atoms with van der Waals surface area (Å²) in [6.45, 7) is 6.17. The van der Waals surface area contributed by atoms with Crippen molar-refractivity contribution >= 4 is 0 Å². The van der Waals surface area contributed by atoms with Crippen molar-refractivity contribution in [2.45, 2.75) is 38.4 Å². The zero-order chi connectivity index (χ0) is 17.1. The molecule has 0 amide bonds. The van der Waals surface area contributed by atoms with Gasteiger partial charge in [0.05, 0.1) is 25.1 Å². The Morgan fingerprint density at radius 2 is 2.20 bits per heavy atom. The standard InChI is InChI=1S/C19H27N3O3/c1-23-14-17-11-21(13-18-3-2-6-25-18)10-16-12-22(20-19(16)17)9-15-4-7-24-8-5-15/h2-3,6,12,15,17H,4-5,7-11,13-14H2,1H3/t17-/m0/s1. The summed E-state index contributed by atoms with van der Waals surface area (Å²) in [6, 6.07) is 3.98. The Bertz CT molecular complexity index is 662. The van der Waals surface area contributed by atoms with Crippen molar-refractivity contribution in [2.75, 3.05) is 33.5 Å². The third-order valence-electron chi connectivity index (χ3n) is 5.24. The summed E-state index contributed by atoms with van der Waals surface area (Å²) in [6.07, 6.45) is 6.25. The first-order valence-corrected chi connectivity index (χ1v) is 9.19. The molecule has 2 aromatic rings. The van der Waals surface area contributed by atoms with E-state index >= 15 is 0 Å². The van der Waals surface area contributed by atoms with Crippen LogP contribution < -0.4 is 0 Å². The van der Waals surface area contributed by atoms with Gasteiger partial charge in [-0.25, -0.2) is 0 Å². The van der Waals surface area contributed by atoms with Crippen molar-refractivity contribution in [2.24, 2.45) is 5.92 Å². The van der Waals surface area contributed by atoms with Gasteiger partial charge in [0.25, 0.3) is 0 Å². The van der Waals surface area contributed by atoms with Crippen LogP contribution in [0.15, 0.2) is 29.0 Å². The van der Waals surface area contributed by atoms with E-state index in [1.807, 2.05) is 12.1 Å². The summed E-state index contributed by atoms with van der Waals surface area (Å²) in [7, 11) is 1.77. The first-order valence-electron chi connectivity index (χ1n) is 9.19. The molecule has 0 radical (unpaired) electrons. The first kappa shape index (κ1) is 16.8. The maximum Gasteiger partial charge on any atom is 0.117 e. The second-order valence-corrected chi connectivity index (χ2v) is 7.22. The molecule has 25 heavy (non-hydrogen) atoms. The molecule has 0 bridgehead atoms. The second-order valence-electron chi connectivity index (χ2n) is 7.22. The molecule has 4 rings (SSSR count). The second kappa shape index (κ2) is 7.72. The Morgan fingerprint density at radius 3 is 2.96 bits per heavy atom. The van der Waals surface area contributed by atoms with Crippen LogP contribution in [0.4, 0.5) is 0 Å². The van der Waals surface area contributed by atoms with E-state index in [9.17, 15) is 0 Å². The number of furan rings is 1. The third-order valence-corrected chi connectivity index (χ3v) is 5.24. The number of ether oxygens (including phenoxy) is 2. The van der Waals surface area contributed by atoms with E-state index in [4.69, 9.17) is 19.0 Å². The average molecular weight is 345 g/mol. The molecule has 6 heteroatoms. The van der Waals surface area contributed by atoms with Crippen molar-refractivity contribution in [3.8, 4) is 0 Å². The van der Waals surface area contributed by atoms with Gasteiger partial charge >= 0.3 is 0 Å². The topological polar surface area (TPSA) is 52.7 Å². The summed E-state index contributed by atoms with van der Waals surface area (Å²) < 4.78 is 18.6. The largest absolute Gasteiger partial charge is 0.468 e. The lowest BCUT2D eigenvalue weighted by Crippen LogP contribution is -2.34. The monoisotopic (exact) mass is 345 g/mol. The molecule has 2 aliphatic rings. The molecule has 0 unspecified atom stereocenters. The van der Waals surface area contributed by atoms with Crippen LogP contribution in [-0.2, 0) is 29.1 Å². The minimum atomic E-state index is 0.319. The molecule has 1 saturated heterocycles. The molecule has 6 nitrogen and oxygen atoms in total. The number of methoxy groups -OCH3 is 1. The molecule has 0 N–H and O–H groups in total. The van der Waals surface area contributed by atoms with Crippen molar-refractivity contribution in [3.05, 3.63) is 41.6 Å². The first-order chi connectivity index (χ1) is 12.3. The van der Waals surface area contributed by atoms with E-state index in [-0.39, 0.29) is 0 Å². The maximum absolute atomic E-state index is 5.52. The van der Waals surface area contributed by atoms with Crippen LogP contribution in [0.5, 0.6) is 0 Å². The van der Waals surface area contributed by atoms with E-state index < -0.39 is 0 Å². The van der Waals surface area contributed by atoms with E-state index in [0.717, 1.165) is 58.0 Å². The molecule has 0 spiro atoms. The predicted octanol–water partition coefficient (Wildman–Crippen LogP) is 2.65. The van der Waals surface area contributed by atoms with Gasteiger partial charge in [-0.05, 0) is 30.9 Å². The smallest absolute Gasteiger partial charge is 0.117 e. The summed E-state index contributed by atoms with van der Waals surface area (Å²) >= 11 is 0. The molecule has 0 saturated carbocycles. The number of hydrogen-bond acceptors (Lipinski definition) is 5. The number of rotatable bonds is 6. The molecule has 1 atom stereocenters. The van der Waals surface area contributed by atoms with Crippen molar-refractivity contribution in [1.29, 1.82) is 0 Å². The molecular formula is C19H27N3O3. The summed E-state index contributed by atoms with van der Waals surface area (Å²) in [5.74, 6) is 2.00. The fraction of sp³-hybridized carbons (Fsp3) is 0.632.